The molecule has 0 fully saturated rings. The number of amides is 1. The van der Waals surface area contributed by atoms with Gasteiger partial charge in [-0.25, -0.2) is 0 Å². The lowest BCUT2D eigenvalue weighted by Crippen LogP contribution is -2.12. The molecule has 0 aliphatic rings. The molecule has 0 atom stereocenters. The number of nitro benzene ring substituents is 1. The van der Waals surface area contributed by atoms with E-state index in [2.05, 4.69) is 20.6 Å². The van der Waals surface area contributed by atoms with Gasteiger partial charge in [0.05, 0.1) is 21.2 Å². The molecule has 2 aromatic carbocycles. The van der Waals surface area contributed by atoms with Crippen molar-refractivity contribution < 1.29 is 9.72 Å². The Labute approximate surface area is 169 Å². The third-order valence-corrected chi connectivity index (χ3v) is 4.56. The van der Waals surface area contributed by atoms with Gasteiger partial charge in [-0.15, -0.1) is 10.2 Å². The molecule has 0 aliphatic heterocycles. The lowest BCUT2D eigenvalue weighted by molar-refractivity contribution is -0.384. The molecule has 1 N–H and O–H groups in total. The van der Waals surface area contributed by atoms with E-state index in [-0.39, 0.29) is 16.3 Å². The highest BCUT2D eigenvalue weighted by Crippen LogP contribution is 2.25. The van der Waals surface area contributed by atoms with Gasteiger partial charge in [0.25, 0.3) is 11.6 Å². The number of nitro groups is 1. The molecule has 0 saturated carbocycles. The summed E-state index contributed by atoms with van der Waals surface area (Å²) in [4.78, 5) is 22.8. The molecule has 2 aromatic heterocycles. The van der Waals surface area contributed by atoms with Crippen LogP contribution in [0.15, 0.2) is 54.6 Å². The minimum atomic E-state index is -0.571. The predicted octanol–water partition coefficient (Wildman–Crippen LogP) is 3.91. The smallest absolute Gasteiger partial charge is 0.270 e. The van der Waals surface area contributed by atoms with Gasteiger partial charge in [0.15, 0.2) is 11.5 Å². The number of hydrogen-bond donors (Lipinski definition) is 1. The lowest BCUT2D eigenvalue weighted by Gasteiger charge is -2.09. The Hall–Kier alpha value is -3.85. The van der Waals surface area contributed by atoms with Crippen molar-refractivity contribution in [2.24, 2.45) is 0 Å². The standard InChI is InChI=1S/C19H13ClN6O3/c1-11-22-23-18-8-7-17(24-25(11)18)12-3-2-4-13(9-12)21-19(27)15-6-5-14(26(28)29)10-16(15)20/h2-10H,1H3,(H,21,27). The summed E-state index contributed by atoms with van der Waals surface area (Å²) in [6, 6.07) is 14.5. The topological polar surface area (TPSA) is 115 Å². The SMILES string of the molecule is Cc1nnc2ccc(-c3cccc(NC(=O)c4ccc([N+](=O)[O-])cc4Cl)c3)nn12. The van der Waals surface area contributed by atoms with Crippen LogP contribution in [0.2, 0.25) is 5.02 Å². The monoisotopic (exact) mass is 408 g/mol. The van der Waals surface area contributed by atoms with Crippen LogP contribution >= 0.6 is 11.6 Å². The molecule has 0 spiro atoms. The third-order valence-electron chi connectivity index (χ3n) is 4.24. The van der Waals surface area contributed by atoms with Gasteiger partial charge in [-0.05, 0) is 37.3 Å². The number of halogens is 1. The maximum Gasteiger partial charge on any atom is 0.270 e. The molecule has 0 saturated heterocycles. The first-order chi connectivity index (χ1) is 13.9. The Morgan fingerprint density at radius 3 is 2.72 bits per heavy atom. The summed E-state index contributed by atoms with van der Waals surface area (Å²) in [5, 5.41) is 26.1. The zero-order chi connectivity index (χ0) is 20.5. The van der Waals surface area contributed by atoms with E-state index >= 15 is 0 Å². The number of anilines is 1. The zero-order valence-electron chi connectivity index (χ0n) is 15.0. The number of aromatic nitrogens is 4. The number of carbonyl (C=O) groups is 1. The summed E-state index contributed by atoms with van der Waals surface area (Å²) in [6.07, 6.45) is 0. The molecule has 0 unspecified atom stereocenters. The van der Waals surface area contributed by atoms with Crippen molar-refractivity contribution in [3.63, 3.8) is 0 Å². The van der Waals surface area contributed by atoms with Gasteiger partial charge in [-0.2, -0.15) is 9.61 Å². The number of nitrogens with zero attached hydrogens (tertiary/aromatic N) is 5. The Kier molecular flexibility index (Phi) is 4.65. The number of fused-ring (bicyclic) bond motifs is 1. The number of carbonyl (C=O) groups excluding carboxylic acids is 1. The van der Waals surface area contributed by atoms with E-state index in [0.29, 0.717) is 22.9 Å². The van der Waals surface area contributed by atoms with E-state index in [1.165, 1.54) is 12.1 Å². The van der Waals surface area contributed by atoms with Crippen molar-refractivity contribution in [3.05, 3.63) is 81.1 Å². The van der Waals surface area contributed by atoms with Gasteiger partial charge in [0, 0.05) is 23.4 Å². The summed E-state index contributed by atoms with van der Waals surface area (Å²) in [5.41, 5.74) is 2.60. The molecule has 10 heteroatoms. The van der Waals surface area contributed by atoms with Crippen LogP contribution in [0.5, 0.6) is 0 Å². The number of rotatable bonds is 4. The third kappa shape index (κ3) is 3.63. The van der Waals surface area contributed by atoms with Gasteiger partial charge < -0.3 is 5.32 Å². The highest BCUT2D eigenvalue weighted by molar-refractivity contribution is 6.34. The molecular weight excluding hydrogens is 396 g/mol. The van der Waals surface area contributed by atoms with E-state index < -0.39 is 10.8 Å². The van der Waals surface area contributed by atoms with Crippen molar-refractivity contribution in [1.82, 2.24) is 19.8 Å². The first-order valence-electron chi connectivity index (χ1n) is 8.47. The van der Waals surface area contributed by atoms with Crippen LogP contribution < -0.4 is 5.32 Å². The van der Waals surface area contributed by atoms with E-state index in [0.717, 1.165) is 11.6 Å². The first-order valence-corrected chi connectivity index (χ1v) is 8.85. The second-order valence-electron chi connectivity index (χ2n) is 6.19. The van der Waals surface area contributed by atoms with Gasteiger partial charge in [-0.1, -0.05) is 23.7 Å². The van der Waals surface area contributed by atoms with Crippen LogP contribution in [0.4, 0.5) is 11.4 Å². The average molecular weight is 409 g/mol. The van der Waals surface area contributed by atoms with Crippen molar-refractivity contribution in [2.45, 2.75) is 6.92 Å². The van der Waals surface area contributed by atoms with Gasteiger partial charge in [0.1, 0.15) is 0 Å². The highest BCUT2D eigenvalue weighted by atomic mass is 35.5. The molecule has 0 aliphatic carbocycles. The molecule has 29 heavy (non-hydrogen) atoms. The van der Waals surface area contributed by atoms with E-state index in [9.17, 15) is 14.9 Å². The average Bonchev–Trinajstić information content (AvgIpc) is 3.08. The molecule has 4 aromatic rings. The summed E-state index contributed by atoms with van der Waals surface area (Å²) in [6.45, 7) is 1.81. The number of hydrogen-bond acceptors (Lipinski definition) is 6. The van der Waals surface area contributed by atoms with Crippen LogP contribution in [0, 0.1) is 17.0 Å². The van der Waals surface area contributed by atoms with Crippen LogP contribution in [0.25, 0.3) is 16.9 Å². The molecule has 144 valence electrons. The van der Waals surface area contributed by atoms with Crippen molar-refractivity contribution in [1.29, 1.82) is 0 Å². The molecule has 2 heterocycles. The summed E-state index contributed by atoms with van der Waals surface area (Å²) in [7, 11) is 0. The summed E-state index contributed by atoms with van der Waals surface area (Å²) < 4.78 is 1.64. The molecule has 9 nitrogen and oxygen atoms in total. The van der Waals surface area contributed by atoms with Gasteiger partial charge in [0.2, 0.25) is 0 Å². The normalized spacial score (nSPS) is 10.8. The Balaban J connectivity index is 1.61. The molecule has 1 amide bonds. The van der Waals surface area contributed by atoms with Gasteiger partial charge in [-0.3, -0.25) is 14.9 Å². The quantitative estimate of drug-likeness (QED) is 0.404. The number of nitrogens with one attached hydrogen (secondary N) is 1. The van der Waals surface area contributed by atoms with Gasteiger partial charge >= 0.3 is 0 Å². The molecule has 0 bridgehead atoms. The minimum absolute atomic E-state index is 0.00283. The second kappa shape index (κ2) is 7.28. The number of non-ortho nitro benzene ring substituents is 1. The van der Waals surface area contributed by atoms with Crippen LogP contribution in [0.3, 0.4) is 0 Å². The number of aryl methyl sites for hydroxylation is 1. The fourth-order valence-electron chi connectivity index (χ4n) is 2.81. The fraction of sp³-hybridized carbons (Fsp3) is 0.0526. The summed E-state index contributed by atoms with van der Waals surface area (Å²) >= 11 is 6.03. The highest BCUT2D eigenvalue weighted by Gasteiger charge is 2.15. The maximum atomic E-state index is 12.5. The second-order valence-corrected chi connectivity index (χ2v) is 6.60. The predicted molar refractivity (Wildman–Crippen MR) is 107 cm³/mol. The number of benzene rings is 2. The van der Waals surface area contributed by atoms with E-state index in [1.54, 1.807) is 29.6 Å². The Morgan fingerprint density at radius 1 is 1.14 bits per heavy atom. The fourth-order valence-corrected chi connectivity index (χ4v) is 3.07. The van der Waals surface area contributed by atoms with Crippen molar-refractivity contribution in [2.75, 3.05) is 5.32 Å². The Bertz CT molecular complexity index is 1270. The molecule has 4 rings (SSSR count). The maximum absolute atomic E-state index is 12.5. The van der Waals surface area contributed by atoms with Crippen molar-refractivity contribution >= 4 is 34.5 Å². The summed E-state index contributed by atoms with van der Waals surface area (Å²) in [5.74, 6) is 0.194. The van der Waals surface area contributed by atoms with E-state index in [1.807, 2.05) is 18.2 Å². The molecule has 0 radical (unpaired) electrons. The largest absolute Gasteiger partial charge is 0.322 e. The zero-order valence-corrected chi connectivity index (χ0v) is 15.8. The van der Waals surface area contributed by atoms with Crippen molar-refractivity contribution in [3.8, 4) is 11.3 Å². The van der Waals surface area contributed by atoms with Crippen LogP contribution in [-0.2, 0) is 0 Å². The van der Waals surface area contributed by atoms with Crippen LogP contribution in [-0.4, -0.2) is 30.6 Å². The van der Waals surface area contributed by atoms with Crippen LogP contribution in [0.1, 0.15) is 16.2 Å². The molecular formula is C19H13ClN6O3. The van der Waals surface area contributed by atoms with E-state index in [4.69, 9.17) is 11.6 Å². The Morgan fingerprint density at radius 2 is 1.97 bits per heavy atom. The lowest BCUT2D eigenvalue weighted by atomic mass is 10.1. The minimum Gasteiger partial charge on any atom is -0.322 e. The first kappa shape index (κ1) is 18.5.